The summed E-state index contributed by atoms with van der Waals surface area (Å²) in [6, 6.07) is 3.71. The highest BCUT2D eigenvalue weighted by atomic mass is 16.6. The van der Waals surface area contributed by atoms with E-state index >= 15 is 0 Å². The molecule has 0 spiro atoms. The van der Waals surface area contributed by atoms with Gasteiger partial charge in [0.2, 0.25) is 0 Å². The number of hydrogen-bond donors (Lipinski definition) is 0. The normalized spacial score (nSPS) is 10.4. The van der Waals surface area contributed by atoms with Crippen LogP contribution in [0.2, 0.25) is 0 Å². The maximum absolute atomic E-state index is 11.1. The van der Waals surface area contributed by atoms with Gasteiger partial charge in [0.05, 0.1) is 14.0 Å². The molecule has 0 saturated carbocycles. The molecule has 0 atom stereocenters. The Morgan fingerprint density at radius 2 is 2.06 bits per heavy atom. The molecule has 2 radical (unpaired) electrons. The number of esters is 1. The molecule has 0 heterocycles. The molecular weight excluding hydrogens is 215 g/mol. The van der Waals surface area contributed by atoms with E-state index in [1.54, 1.807) is 0 Å². The minimum atomic E-state index is -0.359. The van der Waals surface area contributed by atoms with Gasteiger partial charge in [-0.15, -0.1) is 0 Å². The summed E-state index contributed by atoms with van der Waals surface area (Å²) in [5.41, 5.74) is 1.80. The average molecular weight is 232 g/mol. The highest BCUT2D eigenvalue weighted by Gasteiger charge is 2.13. The van der Waals surface area contributed by atoms with Crippen LogP contribution in [0.15, 0.2) is 12.1 Å². The van der Waals surface area contributed by atoms with Crippen molar-refractivity contribution in [2.45, 2.75) is 40.1 Å². The molecule has 4 heteroatoms. The smallest absolute Gasteiger partial charge is 0.308 e. The van der Waals surface area contributed by atoms with Crippen molar-refractivity contribution in [3.8, 4) is 11.5 Å². The molecule has 90 valence electrons. The summed E-state index contributed by atoms with van der Waals surface area (Å²) in [5, 5.41) is 0. The molecule has 3 nitrogen and oxygen atoms in total. The van der Waals surface area contributed by atoms with Crippen LogP contribution in [0.3, 0.4) is 0 Å². The Labute approximate surface area is 104 Å². The van der Waals surface area contributed by atoms with E-state index in [4.69, 9.17) is 17.3 Å². The Hall–Kier alpha value is -1.45. The van der Waals surface area contributed by atoms with E-state index in [9.17, 15) is 4.79 Å². The fourth-order valence-corrected chi connectivity index (χ4v) is 1.55. The molecule has 1 aromatic rings. The van der Waals surface area contributed by atoms with Gasteiger partial charge in [0.1, 0.15) is 0 Å². The van der Waals surface area contributed by atoms with Gasteiger partial charge in [0.25, 0.3) is 0 Å². The van der Waals surface area contributed by atoms with E-state index in [1.165, 1.54) is 6.92 Å². The van der Waals surface area contributed by atoms with Crippen molar-refractivity contribution in [2.75, 3.05) is 0 Å². The predicted octanol–water partition coefficient (Wildman–Crippen LogP) is 2.38. The summed E-state index contributed by atoms with van der Waals surface area (Å²) in [5.74, 6) is 0.682. The first-order valence-corrected chi connectivity index (χ1v) is 5.62. The summed E-state index contributed by atoms with van der Waals surface area (Å²) >= 11 is 0. The van der Waals surface area contributed by atoms with Crippen LogP contribution >= 0.6 is 0 Å². The molecular formula is C13H17BO3. The van der Waals surface area contributed by atoms with Gasteiger partial charge in [-0.3, -0.25) is 4.79 Å². The average Bonchev–Trinajstić information content (AvgIpc) is 2.21. The second kappa shape index (κ2) is 5.76. The Kier molecular flexibility index (Phi) is 4.61. The number of hydrogen-bond acceptors (Lipinski definition) is 3. The van der Waals surface area contributed by atoms with Gasteiger partial charge in [0.15, 0.2) is 11.5 Å². The maximum Gasteiger partial charge on any atom is 0.308 e. The molecule has 17 heavy (non-hydrogen) atoms. The van der Waals surface area contributed by atoms with Crippen molar-refractivity contribution in [1.82, 2.24) is 0 Å². The molecule has 0 aliphatic rings. The molecule has 0 bridgehead atoms. The van der Waals surface area contributed by atoms with Crippen molar-refractivity contribution in [3.05, 3.63) is 23.3 Å². The van der Waals surface area contributed by atoms with Gasteiger partial charge < -0.3 is 9.47 Å². The van der Waals surface area contributed by atoms with Crippen LogP contribution in [0.5, 0.6) is 11.5 Å². The monoisotopic (exact) mass is 232 g/mol. The maximum atomic E-state index is 11.1. The molecule has 0 aliphatic carbocycles. The van der Waals surface area contributed by atoms with E-state index in [2.05, 4.69) is 0 Å². The SMILES string of the molecule is [B]Cc1cc(C)c(OC(C)=O)c(OC(C)C)c1. The number of ether oxygens (including phenoxy) is 2. The first-order valence-electron chi connectivity index (χ1n) is 5.62. The van der Waals surface area contributed by atoms with Crippen LogP contribution < -0.4 is 9.47 Å². The summed E-state index contributed by atoms with van der Waals surface area (Å²) in [6.07, 6.45) is 0.437. The molecule has 0 aliphatic heterocycles. The lowest BCUT2D eigenvalue weighted by Crippen LogP contribution is -2.10. The van der Waals surface area contributed by atoms with Crippen LogP contribution in [0.1, 0.15) is 31.9 Å². The Morgan fingerprint density at radius 1 is 1.41 bits per heavy atom. The lowest BCUT2D eigenvalue weighted by molar-refractivity contribution is -0.132. The topological polar surface area (TPSA) is 35.5 Å². The number of benzene rings is 1. The number of carbonyl (C=O) groups is 1. The third-order valence-electron chi connectivity index (χ3n) is 2.14. The molecule has 0 aromatic heterocycles. The van der Waals surface area contributed by atoms with Gasteiger partial charge >= 0.3 is 5.97 Å². The Morgan fingerprint density at radius 3 is 2.53 bits per heavy atom. The van der Waals surface area contributed by atoms with Crippen LogP contribution in [0.25, 0.3) is 0 Å². The second-order valence-corrected chi connectivity index (χ2v) is 4.20. The van der Waals surface area contributed by atoms with Crippen LogP contribution in [-0.4, -0.2) is 19.9 Å². The zero-order chi connectivity index (χ0) is 13.0. The molecule has 0 N–H and O–H groups in total. The van der Waals surface area contributed by atoms with Crippen LogP contribution in [-0.2, 0) is 11.1 Å². The standard InChI is InChI=1S/C13H17BO3/c1-8(2)16-12-6-11(7-14)5-9(3)13(12)17-10(4)15/h5-6,8H,7H2,1-4H3. The van der Waals surface area contributed by atoms with E-state index in [-0.39, 0.29) is 12.1 Å². The third-order valence-corrected chi connectivity index (χ3v) is 2.14. The Bertz CT molecular complexity index is 413. The summed E-state index contributed by atoms with van der Waals surface area (Å²) in [4.78, 5) is 11.1. The third kappa shape index (κ3) is 3.81. The zero-order valence-electron chi connectivity index (χ0n) is 10.7. The molecule has 0 unspecified atom stereocenters. The quantitative estimate of drug-likeness (QED) is 0.454. The first-order chi connectivity index (χ1) is 7.93. The van der Waals surface area contributed by atoms with Crippen LogP contribution in [0, 0.1) is 6.92 Å². The van der Waals surface area contributed by atoms with Gasteiger partial charge in [0, 0.05) is 6.92 Å². The lowest BCUT2D eigenvalue weighted by Gasteiger charge is -2.16. The van der Waals surface area contributed by atoms with Crippen molar-refractivity contribution < 1.29 is 14.3 Å². The van der Waals surface area contributed by atoms with Gasteiger partial charge in [-0.2, -0.15) is 0 Å². The van der Waals surface area contributed by atoms with E-state index < -0.39 is 0 Å². The minimum Gasteiger partial charge on any atom is -0.487 e. The van der Waals surface area contributed by atoms with E-state index in [1.807, 2.05) is 32.9 Å². The second-order valence-electron chi connectivity index (χ2n) is 4.20. The molecule has 0 saturated heterocycles. The molecule has 0 fully saturated rings. The minimum absolute atomic E-state index is 0.0109. The highest BCUT2D eigenvalue weighted by Crippen LogP contribution is 2.33. The Balaban J connectivity index is 3.18. The fraction of sp³-hybridized carbons (Fsp3) is 0.462. The first kappa shape index (κ1) is 13.6. The summed E-state index contributed by atoms with van der Waals surface area (Å²) < 4.78 is 10.8. The zero-order valence-corrected chi connectivity index (χ0v) is 10.7. The summed E-state index contributed by atoms with van der Waals surface area (Å²) in [7, 11) is 5.61. The van der Waals surface area contributed by atoms with Crippen molar-refractivity contribution in [1.29, 1.82) is 0 Å². The highest BCUT2D eigenvalue weighted by molar-refractivity contribution is 6.08. The summed E-state index contributed by atoms with van der Waals surface area (Å²) in [6.45, 7) is 7.07. The van der Waals surface area contributed by atoms with E-state index in [0.29, 0.717) is 17.8 Å². The molecule has 1 aromatic carbocycles. The fourth-order valence-electron chi connectivity index (χ4n) is 1.55. The van der Waals surface area contributed by atoms with Crippen LogP contribution in [0.4, 0.5) is 0 Å². The number of carbonyl (C=O) groups excluding carboxylic acids is 1. The van der Waals surface area contributed by atoms with Gasteiger partial charge in [-0.25, -0.2) is 0 Å². The molecule has 1 rings (SSSR count). The van der Waals surface area contributed by atoms with Gasteiger partial charge in [-0.05, 0) is 32.4 Å². The van der Waals surface area contributed by atoms with E-state index in [0.717, 1.165) is 11.1 Å². The largest absolute Gasteiger partial charge is 0.487 e. The predicted molar refractivity (Wildman–Crippen MR) is 67.7 cm³/mol. The number of rotatable bonds is 4. The van der Waals surface area contributed by atoms with Gasteiger partial charge in [-0.1, -0.05) is 17.9 Å². The molecule has 0 amide bonds. The number of aryl methyl sites for hydroxylation is 1. The van der Waals surface area contributed by atoms with Crippen molar-refractivity contribution in [2.24, 2.45) is 0 Å². The van der Waals surface area contributed by atoms with Crippen molar-refractivity contribution >= 4 is 13.8 Å². The lowest BCUT2D eigenvalue weighted by atomic mass is 9.95. The van der Waals surface area contributed by atoms with Crippen molar-refractivity contribution in [3.63, 3.8) is 0 Å².